The smallest absolute Gasteiger partial charge is 0.211 e. The monoisotopic (exact) mass is 333 g/mol. The molecule has 0 fully saturated rings. The molecule has 2 aromatic carbocycles. The van der Waals surface area contributed by atoms with Crippen molar-refractivity contribution in [2.24, 2.45) is 4.99 Å². The third kappa shape index (κ3) is 4.81. The van der Waals surface area contributed by atoms with Crippen molar-refractivity contribution in [2.45, 2.75) is 0 Å². The Morgan fingerprint density at radius 2 is 1.74 bits per heavy atom. The molecule has 3 nitrogen and oxygen atoms in total. The van der Waals surface area contributed by atoms with Crippen molar-refractivity contribution < 1.29 is 0 Å². The summed E-state index contributed by atoms with van der Waals surface area (Å²) in [6.07, 6.45) is 1.72. The van der Waals surface area contributed by atoms with Gasteiger partial charge in [-0.2, -0.15) is 0 Å². The molecule has 0 aliphatic heterocycles. The first kappa shape index (κ1) is 13.7. The number of halogens is 1. The van der Waals surface area contributed by atoms with Gasteiger partial charge in [-0.25, -0.2) is 4.99 Å². The highest BCUT2D eigenvalue weighted by molar-refractivity contribution is 9.10. The highest BCUT2D eigenvalue weighted by Crippen LogP contribution is 2.09. The molecular formula is C14H12BrN3S. The normalized spacial score (nSPS) is 10.4. The van der Waals surface area contributed by atoms with E-state index >= 15 is 0 Å². The quantitative estimate of drug-likeness (QED) is 0.510. The molecule has 0 atom stereocenters. The van der Waals surface area contributed by atoms with Gasteiger partial charge in [0.1, 0.15) is 0 Å². The van der Waals surface area contributed by atoms with Crippen LogP contribution in [0.1, 0.15) is 5.56 Å². The zero-order valence-corrected chi connectivity index (χ0v) is 12.4. The Hall–Kier alpha value is -1.72. The lowest BCUT2D eigenvalue weighted by Crippen LogP contribution is -2.26. The molecule has 96 valence electrons. The number of rotatable bonds is 3. The number of anilines is 1. The topological polar surface area (TPSA) is 36.4 Å². The largest absolute Gasteiger partial charge is 0.299 e. The second-order valence-electron chi connectivity index (χ2n) is 3.73. The van der Waals surface area contributed by atoms with Crippen LogP contribution in [0.4, 0.5) is 5.69 Å². The molecule has 19 heavy (non-hydrogen) atoms. The van der Waals surface area contributed by atoms with Gasteiger partial charge in [0.2, 0.25) is 5.11 Å². The third-order valence-electron chi connectivity index (χ3n) is 2.29. The molecule has 2 aromatic rings. The molecule has 0 unspecified atom stereocenters. The van der Waals surface area contributed by atoms with E-state index in [0.29, 0.717) is 5.11 Å². The van der Waals surface area contributed by atoms with Crippen molar-refractivity contribution in [3.05, 3.63) is 64.6 Å². The second kappa shape index (κ2) is 7.01. The van der Waals surface area contributed by atoms with E-state index in [1.165, 1.54) is 0 Å². The summed E-state index contributed by atoms with van der Waals surface area (Å²) in [6.45, 7) is 0. The minimum absolute atomic E-state index is 0.381. The zero-order chi connectivity index (χ0) is 13.5. The third-order valence-corrected chi connectivity index (χ3v) is 3.02. The van der Waals surface area contributed by atoms with E-state index in [0.717, 1.165) is 15.7 Å². The molecule has 0 saturated heterocycles. The van der Waals surface area contributed by atoms with Crippen molar-refractivity contribution in [3.8, 4) is 0 Å². The van der Waals surface area contributed by atoms with Crippen LogP contribution in [-0.2, 0) is 0 Å². The van der Waals surface area contributed by atoms with Crippen LogP contribution in [-0.4, -0.2) is 11.3 Å². The van der Waals surface area contributed by atoms with Crippen molar-refractivity contribution in [1.29, 1.82) is 0 Å². The van der Waals surface area contributed by atoms with Crippen LogP contribution in [0.3, 0.4) is 0 Å². The SMILES string of the molecule is S=C(N=Cc1ccc(Br)cc1)NNc1ccccc1. The summed E-state index contributed by atoms with van der Waals surface area (Å²) >= 11 is 8.48. The number of para-hydroxylation sites is 1. The van der Waals surface area contributed by atoms with Crippen LogP contribution < -0.4 is 10.9 Å². The fourth-order valence-electron chi connectivity index (χ4n) is 1.36. The summed E-state index contributed by atoms with van der Waals surface area (Å²) in [6, 6.07) is 17.6. The number of hydrogen-bond donors (Lipinski definition) is 2. The zero-order valence-electron chi connectivity index (χ0n) is 10.0. The number of nitrogens with one attached hydrogen (secondary N) is 2. The van der Waals surface area contributed by atoms with Gasteiger partial charge in [0.15, 0.2) is 0 Å². The summed E-state index contributed by atoms with van der Waals surface area (Å²) in [5, 5.41) is 0.381. The molecule has 0 aromatic heterocycles. The Kier molecular flexibility index (Phi) is 5.06. The molecule has 0 radical (unpaired) electrons. The van der Waals surface area contributed by atoms with E-state index in [9.17, 15) is 0 Å². The molecule has 0 bridgehead atoms. The lowest BCUT2D eigenvalue weighted by molar-refractivity contribution is 1.13. The van der Waals surface area contributed by atoms with E-state index in [4.69, 9.17) is 12.2 Å². The maximum absolute atomic E-state index is 5.10. The first-order valence-electron chi connectivity index (χ1n) is 5.65. The molecule has 0 heterocycles. The predicted octanol–water partition coefficient (Wildman–Crippen LogP) is 3.77. The van der Waals surface area contributed by atoms with Gasteiger partial charge < -0.3 is 0 Å². The van der Waals surface area contributed by atoms with Gasteiger partial charge in [0, 0.05) is 10.7 Å². The van der Waals surface area contributed by atoms with Gasteiger partial charge in [-0.3, -0.25) is 10.9 Å². The Balaban J connectivity index is 1.86. The number of hydrogen-bond acceptors (Lipinski definition) is 2. The van der Waals surface area contributed by atoms with E-state index in [2.05, 4.69) is 31.8 Å². The fourth-order valence-corrected chi connectivity index (χ4v) is 1.73. The number of aliphatic imine (C=N–C) groups is 1. The molecule has 0 aliphatic carbocycles. The van der Waals surface area contributed by atoms with Gasteiger partial charge in [-0.05, 0) is 42.0 Å². The maximum Gasteiger partial charge on any atom is 0.211 e. The van der Waals surface area contributed by atoms with Crippen LogP contribution in [0.15, 0.2) is 64.1 Å². The minimum atomic E-state index is 0.381. The summed E-state index contributed by atoms with van der Waals surface area (Å²) < 4.78 is 1.04. The molecule has 2 N–H and O–H groups in total. The van der Waals surface area contributed by atoms with Crippen molar-refractivity contribution in [1.82, 2.24) is 5.43 Å². The van der Waals surface area contributed by atoms with Crippen molar-refractivity contribution in [3.63, 3.8) is 0 Å². The molecule has 5 heteroatoms. The van der Waals surface area contributed by atoms with Crippen LogP contribution in [0.5, 0.6) is 0 Å². The van der Waals surface area contributed by atoms with Crippen LogP contribution in [0.25, 0.3) is 0 Å². The molecule has 0 amide bonds. The van der Waals surface area contributed by atoms with Crippen LogP contribution in [0.2, 0.25) is 0 Å². The van der Waals surface area contributed by atoms with Gasteiger partial charge >= 0.3 is 0 Å². The van der Waals surface area contributed by atoms with E-state index in [-0.39, 0.29) is 0 Å². The minimum Gasteiger partial charge on any atom is -0.299 e. The Morgan fingerprint density at radius 3 is 2.42 bits per heavy atom. The maximum atomic E-state index is 5.10. The average molecular weight is 334 g/mol. The highest BCUT2D eigenvalue weighted by Gasteiger charge is 1.93. The van der Waals surface area contributed by atoms with Crippen LogP contribution in [0, 0.1) is 0 Å². The number of hydrazine groups is 1. The van der Waals surface area contributed by atoms with E-state index in [1.807, 2.05) is 54.6 Å². The highest BCUT2D eigenvalue weighted by atomic mass is 79.9. The van der Waals surface area contributed by atoms with E-state index in [1.54, 1.807) is 6.21 Å². The number of benzene rings is 2. The van der Waals surface area contributed by atoms with Gasteiger partial charge in [0.05, 0.1) is 5.69 Å². The fraction of sp³-hybridized carbons (Fsp3) is 0. The molecule has 0 saturated carbocycles. The average Bonchev–Trinajstić information content (AvgIpc) is 2.45. The molecule has 0 spiro atoms. The molecule has 0 aliphatic rings. The summed E-state index contributed by atoms with van der Waals surface area (Å²) in [4.78, 5) is 4.16. The van der Waals surface area contributed by atoms with Gasteiger partial charge in [-0.15, -0.1) is 0 Å². The lowest BCUT2D eigenvalue weighted by Gasteiger charge is -2.06. The first-order chi connectivity index (χ1) is 9.24. The van der Waals surface area contributed by atoms with Crippen LogP contribution >= 0.6 is 28.1 Å². The van der Waals surface area contributed by atoms with Crippen molar-refractivity contribution >= 4 is 45.2 Å². The Morgan fingerprint density at radius 1 is 1.05 bits per heavy atom. The predicted molar refractivity (Wildman–Crippen MR) is 87.5 cm³/mol. The Labute approximate surface area is 125 Å². The molecular weight excluding hydrogens is 322 g/mol. The first-order valence-corrected chi connectivity index (χ1v) is 6.85. The standard InChI is InChI=1S/C14H12BrN3S/c15-12-8-6-11(7-9-12)10-16-14(19)18-17-13-4-2-1-3-5-13/h1-10,17H,(H,18,19). The number of nitrogens with zero attached hydrogens (tertiary/aromatic N) is 1. The van der Waals surface area contributed by atoms with Crippen molar-refractivity contribution in [2.75, 3.05) is 5.43 Å². The molecule has 2 rings (SSSR count). The summed E-state index contributed by atoms with van der Waals surface area (Å²) in [5.74, 6) is 0. The summed E-state index contributed by atoms with van der Waals surface area (Å²) in [5.41, 5.74) is 7.76. The van der Waals surface area contributed by atoms with Gasteiger partial charge in [0.25, 0.3) is 0 Å². The Bertz CT molecular complexity index is 567. The van der Waals surface area contributed by atoms with Gasteiger partial charge in [-0.1, -0.05) is 46.3 Å². The second-order valence-corrected chi connectivity index (χ2v) is 5.03. The summed E-state index contributed by atoms with van der Waals surface area (Å²) in [7, 11) is 0. The number of thiocarbonyl (C=S) groups is 1. The van der Waals surface area contributed by atoms with E-state index < -0.39 is 0 Å². The lowest BCUT2D eigenvalue weighted by atomic mass is 10.2.